The number of piperidine rings is 1. The Morgan fingerprint density at radius 3 is 2.75 bits per heavy atom. The predicted molar refractivity (Wildman–Crippen MR) is 103 cm³/mol. The molecule has 1 saturated heterocycles. The molecule has 1 aromatic carbocycles. The summed E-state index contributed by atoms with van der Waals surface area (Å²) in [4.78, 5) is 14.3. The van der Waals surface area contributed by atoms with E-state index < -0.39 is 0 Å². The molecule has 0 radical (unpaired) electrons. The van der Waals surface area contributed by atoms with Crippen LogP contribution in [-0.2, 0) is 6.54 Å². The van der Waals surface area contributed by atoms with Gasteiger partial charge in [-0.3, -0.25) is 9.88 Å². The molecule has 1 fully saturated rings. The summed E-state index contributed by atoms with van der Waals surface area (Å²) in [5.74, 6) is 1.95. The number of imidazole rings is 1. The van der Waals surface area contributed by atoms with Gasteiger partial charge >= 0.3 is 0 Å². The van der Waals surface area contributed by atoms with Crippen molar-refractivity contribution in [2.24, 2.45) is 0 Å². The molecule has 142 valence electrons. The zero-order valence-electron chi connectivity index (χ0n) is 15.3. The molecule has 1 N–H and O–H groups in total. The Morgan fingerprint density at radius 2 is 1.93 bits per heavy atom. The summed E-state index contributed by atoms with van der Waals surface area (Å²) in [7, 11) is 0. The van der Waals surface area contributed by atoms with Crippen LogP contribution in [0.4, 0.5) is 4.39 Å². The second kappa shape index (κ2) is 7.16. The molecule has 0 unspecified atom stereocenters. The molecule has 6 nitrogen and oxygen atoms in total. The summed E-state index contributed by atoms with van der Waals surface area (Å²) in [5, 5.41) is 4.17. The van der Waals surface area contributed by atoms with E-state index in [2.05, 4.69) is 25.0 Å². The lowest BCUT2D eigenvalue weighted by Crippen LogP contribution is -2.32. The van der Waals surface area contributed by atoms with E-state index in [0.717, 1.165) is 66.4 Å². The molecule has 5 rings (SSSR count). The fourth-order valence-corrected chi connectivity index (χ4v) is 3.83. The number of nitrogens with zero attached hydrogens (tertiary/aromatic N) is 4. The van der Waals surface area contributed by atoms with Crippen LogP contribution in [0.2, 0.25) is 0 Å². The van der Waals surface area contributed by atoms with E-state index in [1.54, 1.807) is 18.5 Å². The summed E-state index contributed by atoms with van der Waals surface area (Å²) in [6.45, 7) is 2.67. The van der Waals surface area contributed by atoms with Gasteiger partial charge in [0.15, 0.2) is 5.76 Å². The molecule has 0 aliphatic carbocycles. The quantitative estimate of drug-likeness (QED) is 0.579. The Morgan fingerprint density at radius 1 is 1.11 bits per heavy atom. The summed E-state index contributed by atoms with van der Waals surface area (Å²) in [5.41, 5.74) is 3.43. The van der Waals surface area contributed by atoms with E-state index in [1.165, 1.54) is 12.1 Å². The van der Waals surface area contributed by atoms with Gasteiger partial charge < -0.3 is 9.51 Å². The zero-order chi connectivity index (χ0) is 18.9. The summed E-state index contributed by atoms with van der Waals surface area (Å²) in [6.07, 6.45) is 5.52. The molecular weight excluding hydrogens is 357 g/mol. The highest BCUT2D eigenvalue weighted by Gasteiger charge is 2.24. The fourth-order valence-electron chi connectivity index (χ4n) is 3.83. The number of aromatic amines is 1. The van der Waals surface area contributed by atoms with Crippen molar-refractivity contribution in [3.05, 3.63) is 66.2 Å². The van der Waals surface area contributed by atoms with Crippen molar-refractivity contribution in [3.8, 4) is 11.3 Å². The fraction of sp³-hybridized carbons (Fsp3) is 0.286. The van der Waals surface area contributed by atoms with Crippen LogP contribution in [0, 0.1) is 5.82 Å². The first-order chi connectivity index (χ1) is 13.7. The van der Waals surface area contributed by atoms with Crippen LogP contribution in [0.3, 0.4) is 0 Å². The Bertz CT molecular complexity index is 1080. The average Bonchev–Trinajstić information content (AvgIpc) is 3.36. The molecule has 0 spiro atoms. The van der Waals surface area contributed by atoms with Crippen molar-refractivity contribution in [1.82, 2.24) is 25.0 Å². The lowest BCUT2D eigenvalue weighted by Gasteiger charge is -2.30. The van der Waals surface area contributed by atoms with E-state index >= 15 is 0 Å². The molecule has 0 saturated carbocycles. The van der Waals surface area contributed by atoms with E-state index in [9.17, 15) is 4.39 Å². The molecule has 4 aromatic rings. The zero-order valence-corrected chi connectivity index (χ0v) is 15.3. The van der Waals surface area contributed by atoms with Gasteiger partial charge in [-0.05, 0) is 56.3 Å². The maximum Gasteiger partial charge on any atom is 0.151 e. The van der Waals surface area contributed by atoms with E-state index in [1.807, 2.05) is 18.2 Å². The highest BCUT2D eigenvalue weighted by molar-refractivity contribution is 5.75. The molecule has 4 heterocycles. The van der Waals surface area contributed by atoms with Crippen LogP contribution < -0.4 is 0 Å². The second-order valence-electron chi connectivity index (χ2n) is 7.25. The minimum atomic E-state index is -0.240. The van der Waals surface area contributed by atoms with Gasteiger partial charge in [0.2, 0.25) is 0 Å². The third-order valence-corrected chi connectivity index (χ3v) is 5.35. The van der Waals surface area contributed by atoms with Crippen molar-refractivity contribution >= 4 is 11.0 Å². The molecule has 28 heavy (non-hydrogen) atoms. The maximum atomic E-state index is 13.4. The number of likely N-dealkylation sites (tertiary alicyclic amines) is 1. The monoisotopic (exact) mass is 377 g/mol. The molecule has 3 aromatic heterocycles. The van der Waals surface area contributed by atoms with Crippen LogP contribution >= 0.6 is 0 Å². The largest absolute Gasteiger partial charge is 0.359 e. The van der Waals surface area contributed by atoms with Crippen LogP contribution in [0.1, 0.15) is 30.3 Å². The van der Waals surface area contributed by atoms with Crippen LogP contribution in [0.5, 0.6) is 0 Å². The van der Waals surface area contributed by atoms with Gasteiger partial charge in [-0.2, -0.15) is 0 Å². The summed E-state index contributed by atoms with van der Waals surface area (Å²) in [6, 6.07) is 10.5. The highest BCUT2D eigenvalue weighted by Crippen LogP contribution is 2.29. The Balaban J connectivity index is 1.22. The number of nitrogens with one attached hydrogen (secondary N) is 1. The first-order valence-corrected chi connectivity index (χ1v) is 9.48. The number of rotatable bonds is 4. The minimum absolute atomic E-state index is 0.240. The SMILES string of the molecule is Fc1ccc2nc(C3CCN(Cc4cc(-c5ccncc5)no4)CC3)[nH]c2c1. The van der Waals surface area contributed by atoms with Crippen LogP contribution in [-0.4, -0.2) is 38.1 Å². The molecule has 7 heteroatoms. The van der Waals surface area contributed by atoms with Crippen molar-refractivity contribution in [2.45, 2.75) is 25.3 Å². The maximum absolute atomic E-state index is 13.4. The molecular formula is C21H20FN5O. The van der Waals surface area contributed by atoms with E-state index in [-0.39, 0.29) is 5.82 Å². The number of aromatic nitrogens is 4. The lowest BCUT2D eigenvalue weighted by molar-refractivity contribution is 0.182. The Kier molecular flexibility index (Phi) is 4.37. The van der Waals surface area contributed by atoms with Gasteiger partial charge in [-0.1, -0.05) is 5.16 Å². The van der Waals surface area contributed by atoms with Crippen molar-refractivity contribution in [1.29, 1.82) is 0 Å². The number of pyridine rings is 1. The Hall–Kier alpha value is -3.06. The highest BCUT2D eigenvalue weighted by atomic mass is 19.1. The molecule has 0 atom stereocenters. The number of hydrogen-bond acceptors (Lipinski definition) is 5. The molecule has 1 aliphatic heterocycles. The molecule has 0 amide bonds. The van der Waals surface area contributed by atoms with Gasteiger partial charge in [-0.15, -0.1) is 0 Å². The third-order valence-electron chi connectivity index (χ3n) is 5.35. The summed E-state index contributed by atoms with van der Waals surface area (Å²) < 4.78 is 18.9. The Labute approximate surface area is 161 Å². The standard InChI is InChI=1S/C21H20FN5O/c22-16-1-2-18-20(11-16)25-21(24-18)15-5-9-27(10-6-15)13-17-12-19(26-28-17)14-3-7-23-8-4-14/h1-4,7-8,11-12,15H,5-6,9-10,13H2,(H,24,25). The van der Waals surface area contributed by atoms with Gasteiger partial charge in [-0.25, -0.2) is 9.37 Å². The van der Waals surface area contributed by atoms with Crippen molar-refractivity contribution in [3.63, 3.8) is 0 Å². The van der Waals surface area contributed by atoms with Gasteiger partial charge in [0.05, 0.1) is 17.6 Å². The first kappa shape index (κ1) is 17.1. The number of halogens is 1. The van der Waals surface area contributed by atoms with Crippen LogP contribution in [0.25, 0.3) is 22.3 Å². The number of fused-ring (bicyclic) bond motifs is 1. The number of H-pyrrole nitrogens is 1. The van der Waals surface area contributed by atoms with Crippen molar-refractivity contribution < 1.29 is 8.91 Å². The molecule has 0 bridgehead atoms. The van der Waals surface area contributed by atoms with E-state index in [4.69, 9.17) is 4.52 Å². The normalized spacial score (nSPS) is 16.0. The third kappa shape index (κ3) is 3.41. The topological polar surface area (TPSA) is 70.8 Å². The minimum Gasteiger partial charge on any atom is -0.359 e. The predicted octanol–water partition coefficient (Wildman–Crippen LogP) is 4.13. The van der Waals surface area contributed by atoms with Crippen molar-refractivity contribution in [2.75, 3.05) is 13.1 Å². The molecule has 1 aliphatic rings. The van der Waals surface area contributed by atoms with Gasteiger partial charge in [0.25, 0.3) is 0 Å². The number of benzene rings is 1. The van der Waals surface area contributed by atoms with Gasteiger partial charge in [0, 0.05) is 29.9 Å². The second-order valence-corrected chi connectivity index (χ2v) is 7.25. The van der Waals surface area contributed by atoms with E-state index in [0.29, 0.717) is 5.92 Å². The first-order valence-electron chi connectivity index (χ1n) is 9.48. The van der Waals surface area contributed by atoms with Crippen LogP contribution in [0.15, 0.2) is 53.3 Å². The number of hydrogen-bond donors (Lipinski definition) is 1. The average molecular weight is 377 g/mol. The smallest absolute Gasteiger partial charge is 0.151 e. The lowest BCUT2D eigenvalue weighted by atomic mass is 9.96. The van der Waals surface area contributed by atoms with Gasteiger partial charge in [0.1, 0.15) is 17.3 Å². The summed E-state index contributed by atoms with van der Waals surface area (Å²) >= 11 is 0.